The Balaban J connectivity index is 2.92. The minimum Gasteiger partial charge on any atom is -0.282 e. The van der Waals surface area contributed by atoms with Gasteiger partial charge in [-0.1, -0.05) is 30.3 Å². The lowest BCUT2D eigenvalue weighted by molar-refractivity contribution is 0.484. The molecule has 0 aromatic heterocycles. The fraction of sp³-hybridized carbons (Fsp3) is 0. The molecule has 0 spiro atoms. The highest BCUT2D eigenvalue weighted by Gasteiger charge is 2.12. The third kappa shape index (κ3) is 1.49. The van der Waals surface area contributed by atoms with Crippen LogP contribution in [0.5, 0.6) is 0 Å². The second-order valence-corrected chi connectivity index (χ2v) is 4.14. The van der Waals surface area contributed by atoms with E-state index >= 15 is 0 Å². The van der Waals surface area contributed by atoms with Gasteiger partial charge in [0.05, 0.1) is 0 Å². The number of fused-ring (bicyclic) bond motifs is 1. The van der Waals surface area contributed by atoms with Crippen molar-refractivity contribution >= 4 is 20.9 Å². The van der Waals surface area contributed by atoms with Crippen molar-refractivity contribution in [2.24, 2.45) is 0 Å². The van der Waals surface area contributed by atoms with E-state index in [1.807, 2.05) is 0 Å². The summed E-state index contributed by atoms with van der Waals surface area (Å²) in [6.45, 7) is 0. The van der Waals surface area contributed by atoms with Crippen molar-refractivity contribution in [3.05, 3.63) is 42.5 Å². The predicted octanol–water partition coefficient (Wildman–Crippen LogP) is 1.69. The minimum absolute atomic E-state index is 0.202. The van der Waals surface area contributed by atoms with Gasteiger partial charge in [-0.2, -0.15) is 8.42 Å². The highest BCUT2D eigenvalue weighted by atomic mass is 32.2. The summed E-state index contributed by atoms with van der Waals surface area (Å²) in [5.41, 5.74) is 0. The lowest BCUT2D eigenvalue weighted by Gasteiger charge is -2.01. The average molecular weight is 206 g/mol. The first-order valence-electron chi connectivity index (χ1n) is 3.87. The van der Waals surface area contributed by atoms with Gasteiger partial charge >= 0.3 is 0 Å². The van der Waals surface area contributed by atoms with Crippen LogP contribution in [0, 0.1) is 12.1 Å². The Morgan fingerprint density at radius 3 is 2.64 bits per heavy atom. The molecule has 2 aromatic carbocycles. The zero-order chi connectivity index (χ0) is 10.2. The molecule has 0 atom stereocenters. The van der Waals surface area contributed by atoms with Gasteiger partial charge in [0.2, 0.25) is 0 Å². The van der Waals surface area contributed by atoms with Crippen molar-refractivity contribution in [2.45, 2.75) is 4.90 Å². The Hall–Kier alpha value is -1.39. The van der Waals surface area contributed by atoms with E-state index in [4.69, 9.17) is 4.55 Å². The third-order valence-corrected chi connectivity index (χ3v) is 2.71. The molecule has 0 unspecified atom stereocenters. The van der Waals surface area contributed by atoms with Gasteiger partial charge in [-0.25, -0.2) is 0 Å². The molecular formula is C10H6O3S. The quantitative estimate of drug-likeness (QED) is 0.722. The Labute approximate surface area is 81.7 Å². The van der Waals surface area contributed by atoms with E-state index in [0.29, 0.717) is 10.8 Å². The number of rotatable bonds is 1. The van der Waals surface area contributed by atoms with Gasteiger partial charge in [0.1, 0.15) is 4.90 Å². The summed E-state index contributed by atoms with van der Waals surface area (Å²) in [7, 11) is -4.20. The molecule has 0 aliphatic rings. The van der Waals surface area contributed by atoms with Crippen molar-refractivity contribution in [1.82, 2.24) is 0 Å². The van der Waals surface area contributed by atoms with Crippen LogP contribution in [0.3, 0.4) is 0 Å². The second kappa shape index (κ2) is 3.08. The molecule has 0 amide bonds. The topological polar surface area (TPSA) is 54.4 Å². The van der Waals surface area contributed by atoms with Crippen LogP contribution >= 0.6 is 0 Å². The Morgan fingerprint density at radius 2 is 1.93 bits per heavy atom. The molecule has 1 N–H and O–H groups in total. The van der Waals surface area contributed by atoms with Crippen LogP contribution in [0.2, 0.25) is 0 Å². The standard InChI is InChI=1S/C10H6O3S/c11-14(12,13)10-7-3-5-8-4-1-2-6-9(8)10/h1-3,5-6H,(H,11,12,13). The largest absolute Gasteiger partial charge is 0.295 e. The molecule has 0 bridgehead atoms. The SMILES string of the molecule is O=S(=O)(O)c1[c]ccc2[c]cccc12. The van der Waals surface area contributed by atoms with Gasteiger partial charge in [0.15, 0.2) is 0 Å². The zero-order valence-corrected chi connectivity index (χ0v) is 7.88. The number of hydrogen-bond donors (Lipinski definition) is 1. The van der Waals surface area contributed by atoms with Crippen LogP contribution in [0.1, 0.15) is 0 Å². The maximum Gasteiger partial charge on any atom is 0.295 e. The molecule has 70 valence electrons. The molecule has 3 nitrogen and oxygen atoms in total. The Bertz CT molecular complexity index is 567. The van der Waals surface area contributed by atoms with Crippen LogP contribution in [0.15, 0.2) is 35.2 Å². The lowest BCUT2D eigenvalue weighted by Crippen LogP contribution is -1.98. The molecule has 2 rings (SSSR count). The van der Waals surface area contributed by atoms with Gasteiger partial charge in [-0.05, 0) is 11.5 Å². The normalized spacial score (nSPS) is 11.8. The fourth-order valence-electron chi connectivity index (χ4n) is 1.28. The zero-order valence-electron chi connectivity index (χ0n) is 7.06. The smallest absolute Gasteiger partial charge is 0.282 e. The van der Waals surface area contributed by atoms with Crippen molar-refractivity contribution < 1.29 is 13.0 Å². The van der Waals surface area contributed by atoms with E-state index in [9.17, 15) is 8.42 Å². The molecular weight excluding hydrogens is 200 g/mol. The molecule has 0 aliphatic heterocycles. The van der Waals surface area contributed by atoms with E-state index in [0.717, 1.165) is 0 Å². The van der Waals surface area contributed by atoms with Crippen LogP contribution in [0.25, 0.3) is 10.8 Å². The molecule has 2 aromatic rings. The summed E-state index contributed by atoms with van der Waals surface area (Å²) in [5.74, 6) is 0. The first-order chi connectivity index (χ1) is 6.59. The number of benzene rings is 2. The molecule has 0 heterocycles. The van der Waals surface area contributed by atoms with Gasteiger partial charge in [0, 0.05) is 11.5 Å². The van der Waals surface area contributed by atoms with Crippen molar-refractivity contribution in [2.75, 3.05) is 0 Å². The first kappa shape index (κ1) is 9.18. The van der Waals surface area contributed by atoms with E-state index in [1.165, 1.54) is 6.07 Å². The summed E-state index contributed by atoms with van der Waals surface area (Å²) in [6, 6.07) is 13.4. The van der Waals surface area contributed by atoms with Gasteiger partial charge < -0.3 is 0 Å². The summed E-state index contributed by atoms with van der Waals surface area (Å²) in [4.78, 5) is -0.202. The van der Waals surface area contributed by atoms with Gasteiger partial charge in [0.25, 0.3) is 10.1 Å². The Kier molecular flexibility index (Phi) is 2.02. The van der Waals surface area contributed by atoms with Crippen LogP contribution in [0.4, 0.5) is 0 Å². The van der Waals surface area contributed by atoms with Crippen molar-refractivity contribution in [1.29, 1.82) is 0 Å². The second-order valence-electron chi connectivity index (χ2n) is 2.78. The van der Waals surface area contributed by atoms with Crippen LogP contribution < -0.4 is 0 Å². The molecule has 0 saturated carbocycles. The fourth-order valence-corrected chi connectivity index (χ4v) is 1.95. The van der Waals surface area contributed by atoms with E-state index < -0.39 is 10.1 Å². The maximum absolute atomic E-state index is 11.0. The van der Waals surface area contributed by atoms with Crippen molar-refractivity contribution in [3.8, 4) is 0 Å². The summed E-state index contributed by atoms with van der Waals surface area (Å²) < 4.78 is 30.8. The molecule has 0 fully saturated rings. The van der Waals surface area contributed by atoms with Crippen LogP contribution in [-0.2, 0) is 10.1 Å². The van der Waals surface area contributed by atoms with E-state index in [2.05, 4.69) is 12.1 Å². The molecule has 2 radical (unpaired) electrons. The summed E-state index contributed by atoms with van der Waals surface area (Å²) in [5, 5.41) is 1.07. The van der Waals surface area contributed by atoms with E-state index in [-0.39, 0.29) is 4.90 Å². The van der Waals surface area contributed by atoms with Crippen LogP contribution in [-0.4, -0.2) is 13.0 Å². The molecule has 0 saturated heterocycles. The third-order valence-electron chi connectivity index (χ3n) is 1.86. The van der Waals surface area contributed by atoms with E-state index in [1.54, 1.807) is 24.3 Å². The first-order valence-corrected chi connectivity index (χ1v) is 5.31. The highest BCUT2D eigenvalue weighted by molar-refractivity contribution is 7.86. The predicted molar refractivity (Wildman–Crippen MR) is 51.4 cm³/mol. The molecule has 14 heavy (non-hydrogen) atoms. The van der Waals surface area contributed by atoms with Gasteiger partial charge in [-0.15, -0.1) is 0 Å². The summed E-state index contributed by atoms with van der Waals surface area (Å²) in [6.07, 6.45) is 0. The number of hydrogen-bond acceptors (Lipinski definition) is 2. The highest BCUT2D eigenvalue weighted by Crippen LogP contribution is 2.21. The maximum atomic E-state index is 11.0. The lowest BCUT2D eigenvalue weighted by atomic mass is 10.1. The monoisotopic (exact) mass is 206 g/mol. The molecule has 0 aliphatic carbocycles. The average Bonchev–Trinajstić information content (AvgIpc) is 2.15. The summed E-state index contributed by atoms with van der Waals surface area (Å²) >= 11 is 0. The Morgan fingerprint density at radius 1 is 1.14 bits per heavy atom. The van der Waals surface area contributed by atoms with Gasteiger partial charge in [-0.3, -0.25) is 4.55 Å². The van der Waals surface area contributed by atoms with Crippen molar-refractivity contribution in [3.63, 3.8) is 0 Å². The molecule has 4 heteroatoms. The minimum atomic E-state index is -4.20.